The lowest BCUT2D eigenvalue weighted by molar-refractivity contribution is 0.480. The van der Waals surface area contributed by atoms with Gasteiger partial charge in [0.05, 0.1) is 11.6 Å². The summed E-state index contributed by atoms with van der Waals surface area (Å²) in [5.41, 5.74) is 22.6. The van der Waals surface area contributed by atoms with Crippen LogP contribution in [0.2, 0.25) is 0 Å². The number of benzene rings is 6. The normalized spacial score (nSPS) is 14.4. The highest BCUT2D eigenvalue weighted by Gasteiger charge is 2.27. The van der Waals surface area contributed by atoms with Crippen molar-refractivity contribution >= 4 is 5.57 Å². The van der Waals surface area contributed by atoms with E-state index in [0.29, 0.717) is 17.4 Å². The van der Waals surface area contributed by atoms with E-state index in [1.54, 1.807) is 5.57 Å². The minimum Gasteiger partial charge on any atom is -0.192 e. The highest BCUT2D eigenvalue weighted by molar-refractivity contribution is 5.96. The molecule has 59 heavy (non-hydrogen) atoms. The Bertz CT molecular complexity index is 2570. The Morgan fingerprint density at radius 3 is 1.58 bits per heavy atom. The molecule has 0 saturated carbocycles. The lowest BCUT2D eigenvalue weighted by Gasteiger charge is -2.31. The van der Waals surface area contributed by atoms with E-state index in [2.05, 4.69) is 204 Å². The molecule has 0 heterocycles. The third-order valence-corrected chi connectivity index (χ3v) is 13.0. The monoisotopic (exact) mass is 771 g/mol. The Kier molecular flexibility index (Phi) is 11.6. The molecule has 6 aromatic carbocycles. The molecule has 6 aromatic rings. The Hall–Kier alpha value is -5.71. The topological polar surface area (TPSA) is 23.8 Å². The summed E-state index contributed by atoms with van der Waals surface area (Å²) in [5.74, 6) is 0.610. The molecule has 0 saturated heterocycles. The van der Waals surface area contributed by atoms with Crippen LogP contribution in [0.25, 0.3) is 50.1 Å². The average Bonchev–Trinajstić information content (AvgIpc) is 3.22. The highest BCUT2D eigenvalue weighted by atomic mass is 14.3. The van der Waals surface area contributed by atoms with Gasteiger partial charge in [-0.15, -0.1) is 0 Å². The van der Waals surface area contributed by atoms with Gasteiger partial charge in [-0.05, 0) is 164 Å². The van der Waals surface area contributed by atoms with Crippen LogP contribution in [0.15, 0.2) is 145 Å². The fraction of sp³-hybridized carbons (Fsp3) is 0.293. The molecule has 0 radical (unpaired) electrons. The summed E-state index contributed by atoms with van der Waals surface area (Å²) in [5, 5.41) is 9.77. The smallest absolute Gasteiger partial charge is 0.0991 e. The van der Waals surface area contributed by atoms with E-state index in [9.17, 15) is 5.26 Å². The van der Waals surface area contributed by atoms with Crippen molar-refractivity contribution in [2.24, 2.45) is 5.41 Å². The van der Waals surface area contributed by atoms with E-state index in [1.165, 1.54) is 77.9 Å². The van der Waals surface area contributed by atoms with Crippen LogP contribution in [-0.2, 0) is 5.41 Å². The molecule has 0 N–H and O–H groups in total. The molecular weight excluding hydrogens is 711 g/mol. The van der Waals surface area contributed by atoms with E-state index in [0.717, 1.165) is 24.0 Å². The number of hydrogen-bond acceptors (Lipinski definition) is 1. The average molecular weight is 772 g/mol. The largest absolute Gasteiger partial charge is 0.192 e. The van der Waals surface area contributed by atoms with Crippen LogP contribution in [0.3, 0.4) is 0 Å². The number of nitrogens with zero attached hydrogens (tertiary/aromatic N) is 1. The molecule has 0 fully saturated rings. The van der Waals surface area contributed by atoms with Gasteiger partial charge < -0.3 is 0 Å². The quantitative estimate of drug-likeness (QED) is 0.151. The van der Waals surface area contributed by atoms with Crippen molar-refractivity contribution in [2.45, 2.75) is 106 Å². The second-order valence-electron chi connectivity index (χ2n) is 19.1. The van der Waals surface area contributed by atoms with E-state index >= 15 is 0 Å². The standard InChI is InChI=1S/C58H61N/c1-37-22-27-47(57(6,7)8)32-50(37)54-33-48(58(9,10)11)28-29-49(54)41(5)40(4)43-23-25-46(26-24-43)51-34-53(45-20-16-13-17-21-45)55(35-52(51)44-18-14-12-15-19-44)56-38(2)30-42(36-59)31-39(56)3/h12-21,23-26,28-35,40-41H,22,27H2,1-11H3. The van der Waals surface area contributed by atoms with Crippen LogP contribution in [0.4, 0.5) is 0 Å². The summed E-state index contributed by atoms with van der Waals surface area (Å²) < 4.78 is 0. The maximum atomic E-state index is 9.77. The van der Waals surface area contributed by atoms with Gasteiger partial charge in [-0.3, -0.25) is 0 Å². The zero-order chi connectivity index (χ0) is 42.2. The minimum absolute atomic E-state index is 0.0640. The Morgan fingerprint density at radius 2 is 1.05 bits per heavy atom. The molecule has 298 valence electrons. The van der Waals surface area contributed by atoms with Crippen molar-refractivity contribution in [1.29, 1.82) is 5.26 Å². The Balaban J connectivity index is 1.33. The summed E-state index contributed by atoms with van der Waals surface area (Å²) in [6.07, 6.45) is 4.79. The summed E-state index contributed by atoms with van der Waals surface area (Å²) in [6.45, 7) is 25.5. The summed E-state index contributed by atoms with van der Waals surface area (Å²) >= 11 is 0. The van der Waals surface area contributed by atoms with Gasteiger partial charge in [0.25, 0.3) is 0 Å². The number of rotatable bonds is 8. The van der Waals surface area contributed by atoms with Gasteiger partial charge in [-0.25, -0.2) is 0 Å². The van der Waals surface area contributed by atoms with Crippen molar-refractivity contribution in [3.8, 4) is 50.6 Å². The van der Waals surface area contributed by atoms with Crippen molar-refractivity contribution in [3.63, 3.8) is 0 Å². The molecule has 1 heteroatoms. The molecule has 7 rings (SSSR count). The zero-order valence-corrected chi connectivity index (χ0v) is 37.2. The lowest BCUT2D eigenvalue weighted by atomic mass is 9.74. The SMILES string of the molecule is CC1=C(c2cc(C(C)(C)C)ccc2C(C)C(C)c2ccc(-c3cc(-c4ccccc4)c(-c4c(C)cc(C#N)cc4C)cc3-c3ccccc3)cc2)C=C(C(C)(C)C)CC1. The molecule has 0 amide bonds. The van der Waals surface area contributed by atoms with Gasteiger partial charge in [-0.1, -0.05) is 176 Å². The molecule has 0 aliphatic heterocycles. The first-order chi connectivity index (χ1) is 28.0. The predicted octanol–water partition coefficient (Wildman–Crippen LogP) is 16.6. The number of nitriles is 1. The van der Waals surface area contributed by atoms with Crippen molar-refractivity contribution < 1.29 is 0 Å². The van der Waals surface area contributed by atoms with Gasteiger partial charge in [0.15, 0.2) is 0 Å². The highest BCUT2D eigenvalue weighted by Crippen LogP contribution is 2.46. The second kappa shape index (κ2) is 16.5. The maximum absolute atomic E-state index is 9.77. The van der Waals surface area contributed by atoms with Crippen LogP contribution in [0.1, 0.15) is 126 Å². The van der Waals surface area contributed by atoms with Crippen LogP contribution >= 0.6 is 0 Å². The van der Waals surface area contributed by atoms with Crippen LogP contribution in [-0.4, -0.2) is 0 Å². The molecule has 2 unspecified atom stereocenters. The molecule has 2 atom stereocenters. The van der Waals surface area contributed by atoms with Gasteiger partial charge in [0, 0.05) is 0 Å². The summed E-state index contributed by atoms with van der Waals surface area (Å²) in [4.78, 5) is 0. The Labute approximate surface area is 355 Å². The maximum Gasteiger partial charge on any atom is 0.0991 e. The predicted molar refractivity (Wildman–Crippen MR) is 254 cm³/mol. The lowest BCUT2D eigenvalue weighted by Crippen LogP contribution is -2.16. The fourth-order valence-electron chi connectivity index (χ4n) is 9.11. The first-order valence-corrected chi connectivity index (χ1v) is 21.5. The van der Waals surface area contributed by atoms with E-state index < -0.39 is 0 Å². The van der Waals surface area contributed by atoms with Crippen LogP contribution in [0, 0.1) is 30.6 Å². The molecule has 0 aromatic heterocycles. The van der Waals surface area contributed by atoms with E-state index in [1.807, 2.05) is 12.1 Å². The van der Waals surface area contributed by atoms with Crippen molar-refractivity contribution in [3.05, 3.63) is 184 Å². The van der Waals surface area contributed by atoms with Crippen LogP contribution < -0.4 is 0 Å². The fourth-order valence-corrected chi connectivity index (χ4v) is 9.11. The first kappa shape index (κ1) is 41.4. The van der Waals surface area contributed by atoms with E-state index in [-0.39, 0.29) is 10.8 Å². The molecule has 0 spiro atoms. The molecule has 0 bridgehead atoms. The summed E-state index contributed by atoms with van der Waals surface area (Å²) in [6, 6.07) is 49.4. The zero-order valence-electron chi connectivity index (χ0n) is 37.2. The molecule has 1 aliphatic carbocycles. The van der Waals surface area contributed by atoms with Crippen molar-refractivity contribution in [1.82, 2.24) is 0 Å². The van der Waals surface area contributed by atoms with Gasteiger partial charge >= 0.3 is 0 Å². The molecular formula is C58H61N. The van der Waals surface area contributed by atoms with Crippen LogP contribution in [0.5, 0.6) is 0 Å². The second-order valence-corrected chi connectivity index (χ2v) is 19.1. The first-order valence-electron chi connectivity index (χ1n) is 21.5. The third-order valence-electron chi connectivity index (χ3n) is 13.0. The number of aryl methyl sites for hydroxylation is 2. The van der Waals surface area contributed by atoms with Crippen molar-refractivity contribution in [2.75, 3.05) is 0 Å². The Morgan fingerprint density at radius 1 is 0.525 bits per heavy atom. The van der Waals surface area contributed by atoms with Gasteiger partial charge in [0.2, 0.25) is 0 Å². The van der Waals surface area contributed by atoms with Gasteiger partial charge in [-0.2, -0.15) is 5.26 Å². The minimum atomic E-state index is 0.0640. The number of hydrogen-bond donors (Lipinski definition) is 0. The molecule has 1 nitrogen and oxygen atoms in total. The van der Waals surface area contributed by atoms with E-state index in [4.69, 9.17) is 0 Å². The number of allylic oxidation sites excluding steroid dienone is 4. The molecule has 1 aliphatic rings. The van der Waals surface area contributed by atoms with Gasteiger partial charge in [0.1, 0.15) is 0 Å². The third kappa shape index (κ3) is 8.56. The summed E-state index contributed by atoms with van der Waals surface area (Å²) in [7, 11) is 0.